The first kappa shape index (κ1) is 15.0. The third kappa shape index (κ3) is 5.54. The van der Waals surface area contributed by atoms with Crippen molar-refractivity contribution in [1.29, 1.82) is 0 Å². The number of benzene rings is 1. The Balaban J connectivity index is 2.35. The molecule has 0 saturated carbocycles. The van der Waals surface area contributed by atoms with Crippen molar-refractivity contribution in [3.63, 3.8) is 0 Å². The highest BCUT2D eigenvalue weighted by molar-refractivity contribution is 9.09. The van der Waals surface area contributed by atoms with Crippen LogP contribution in [0.15, 0.2) is 30.3 Å². The summed E-state index contributed by atoms with van der Waals surface area (Å²) in [5, 5.41) is 0.793. The number of alkyl halides is 1. The van der Waals surface area contributed by atoms with Crippen LogP contribution in [-0.4, -0.2) is 24.5 Å². The standard InChI is InChI=1S/C14H19BrO3/c1-2-17-14(16)12(8-10-15)9-11-18-13-6-4-3-5-7-13/h3-7,12H,2,8-11H2,1H3. The van der Waals surface area contributed by atoms with Gasteiger partial charge in [0.15, 0.2) is 0 Å². The van der Waals surface area contributed by atoms with E-state index in [-0.39, 0.29) is 11.9 Å². The van der Waals surface area contributed by atoms with Crippen LogP contribution in [0.5, 0.6) is 5.75 Å². The molecule has 1 atom stereocenters. The van der Waals surface area contributed by atoms with E-state index in [9.17, 15) is 4.79 Å². The third-order valence-corrected chi connectivity index (χ3v) is 3.01. The smallest absolute Gasteiger partial charge is 0.309 e. The van der Waals surface area contributed by atoms with E-state index in [0.717, 1.165) is 17.5 Å². The highest BCUT2D eigenvalue weighted by Gasteiger charge is 2.18. The number of esters is 1. The van der Waals surface area contributed by atoms with Crippen LogP contribution in [0.2, 0.25) is 0 Å². The predicted molar refractivity (Wildman–Crippen MR) is 75.1 cm³/mol. The SMILES string of the molecule is CCOC(=O)C(CCBr)CCOc1ccccc1. The summed E-state index contributed by atoms with van der Waals surface area (Å²) < 4.78 is 10.6. The zero-order chi connectivity index (χ0) is 13.2. The Kier molecular flexibility index (Phi) is 7.49. The van der Waals surface area contributed by atoms with Gasteiger partial charge < -0.3 is 9.47 Å². The van der Waals surface area contributed by atoms with E-state index in [1.54, 1.807) is 0 Å². The highest BCUT2D eigenvalue weighted by atomic mass is 79.9. The van der Waals surface area contributed by atoms with Gasteiger partial charge in [-0.3, -0.25) is 4.79 Å². The van der Waals surface area contributed by atoms with E-state index in [1.165, 1.54) is 0 Å². The molecule has 1 rings (SSSR count). The lowest BCUT2D eigenvalue weighted by Gasteiger charge is -2.14. The van der Waals surface area contributed by atoms with Gasteiger partial charge in [0.05, 0.1) is 19.1 Å². The van der Waals surface area contributed by atoms with Crippen LogP contribution in [-0.2, 0) is 9.53 Å². The van der Waals surface area contributed by atoms with Crippen molar-refractivity contribution < 1.29 is 14.3 Å². The normalized spacial score (nSPS) is 11.9. The lowest BCUT2D eigenvalue weighted by atomic mass is 10.0. The zero-order valence-electron chi connectivity index (χ0n) is 10.6. The fourth-order valence-corrected chi connectivity index (χ4v) is 2.16. The maximum atomic E-state index is 11.7. The van der Waals surface area contributed by atoms with Crippen molar-refractivity contribution in [3.8, 4) is 5.75 Å². The van der Waals surface area contributed by atoms with Crippen molar-refractivity contribution in [1.82, 2.24) is 0 Å². The van der Waals surface area contributed by atoms with E-state index in [1.807, 2.05) is 37.3 Å². The minimum absolute atomic E-state index is 0.0898. The molecule has 0 aliphatic rings. The number of hydrogen-bond donors (Lipinski definition) is 0. The Hall–Kier alpha value is -1.03. The van der Waals surface area contributed by atoms with E-state index >= 15 is 0 Å². The molecule has 1 aromatic rings. The van der Waals surface area contributed by atoms with Crippen molar-refractivity contribution in [2.24, 2.45) is 5.92 Å². The maximum absolute atomic E-state index is 11.7. The molecule has 3 nitrogen and oxygen atoms in total. The van der Waals surface area contributed by atoms with Gasteiger partial charge in [0, 0.05) is 5.33 Å². The van der Waals surface area contributed by atoms with Gasteiger partial charge in [-0.15, -0.1) is 0 Å². The minimum Gasteiger partial charge on any atom is -0.494 e. The molecular formula is C14H19BrO3. The van der Waals surface area contributed by atoms with E-state index in [0.29, 0.717) is 19.6 Å². The molecule has 0 aliphatic carbocycles. The predicted octanol–water partition coefficient (Wildman–Crippen LogP) is 3.42. The maximum Gasteiger partial charge on any atom is 0.309 e. The van der Waals surface area contributed by atoms with Gasteiger partial charge in [0.25, 0.3) is 0 Å². The summed E-state index contributed by atoms with van der Waals surface area (Å²) in [5.41, 5.74) is 0. The monoisotopic (exact) mass is 314 g/mol. The largest absolute Gasteiger partial charge is 0.494 e. The molecule has 4 heteroatoms. The average molecular weight is 315 g/mol. The van der Waals surface area contributed by atoms with E-state index in [4.69, 9.17) is 9.47 Å². The van der Waals surface area contributed by atoms with Crippen LogP contribution in [0, 0.1) is 5.92 Å². The second kappa shape index (κ2) is 8.97. The Labute approximate surface area is 117 Å². The first-order valence-electron chi connectivity index (χ1n) is 6.18. The molecule has 0 radical (unpaired) electrons. The first-order valence-corrected chi connectivity index (χ1v) is 7.30. The molecule has 1 aromatic carbocycles. The average Bonchev–Trinajstić information content (AvgIpc) is 2.39. The number of para-hydroxylation sites is 1. The van der Waals surface area contributed by atoms with E-state index in [2.05, 4.69) is 15.9 Å². The van der Waals surface area contributed by atoms with Crippen LogP contribution in [0.1, 0.15) is 19.8 Å². The highest BCUT2D eigenvalue weighted by Crippen LogP contribution is 2.15. The third-order valence-electron chi connectivity index (χ3n) is 2.56. The summed E-state index contributed by atoms with van der Waals surface area (Å²) >= 11 is 3.36. The van der Waals surface area contributed by atoms with Crippen LogP contribution in [0.3, 0.4) is 0 Å². The molecule has 0 bridgehead atoms. The number of rotatable bonds is 8. The lowest BCUT2D eigenvalue weighted by Crippen LogP contribution is -2.20. The number of ether oxygens (including phenoxy) is 2. The Morgan fingerprint density at radius 3 is 2.61 bits per heavy atom. The topological polar surface area (TPSA) is 35.5 Å². The van der Waals surface area contributed by atoms with Gasteiger partial charge in [-0.1, -0.05) is 34.1 Å². The summed E-state index contributed by atoms with van der Waals surface area (Å²) in [5.74, 6) is 0.612. The molecule has 0 fully saturated rings. The van der Waals surface area contributed by atoms with Crippen LogP contribution < -0.4 is 4.74 Å². The molecule has 18 heavy (non-hydrogen) atoms. The number of halogens is 1. The van der Waals surface area contributed by atoms with E-state index < -0.39 is 0 Å². The van der Waals surface area contributed by atoms with Crippen LogP contribution in [0.4, 0.5) is 0 Å². The Bertz CT molecular complexity index is 340. The van der Waals surface area contributed by atoms with Gasteiger partial charge in [-0.05, 0) is 31.9 Å². The quantitative estimate of drug-likeness (QED) is 0.545. The molecule has 0 spiro atoms. The van der Waals surface area contributed by atoms with Gasteiger partial charge >= 0.3 is 5.97 Å². The van der Waals surface area contributed by atoms with Crippen molar-refractivity contribution in [3.05, 3.63) is 30.3 Å². The molecule has 0 amide bonds. The van der Waals surface area contributed by atoms with Crippen LogP contribution >= 0.6 is 15.9 Å². The first-order chi connectivity index (χ1) is 8.77. The van der Waals surface area contributed by atoms with Gasteiger partial charge in [0.1, 0.15) is 5.75 Å². The summed E-state index contributed by atoms with van der Waals surface area (Å²) in [7, 11) is 0. The molecule has 0 N–H and O–H groups in total. The fraction of sp³-hybridized carbons (Fsp3) is 0.500. The van der Waals surface area contributed by atoms with Gasteiger partial charge in [-0.25, -0.2) is 0 Å². The van der Waals surface area contributed by atoms with Crippen molar-refractivity contribution in [2.75, 3.05) is 18.5 Å². The molecule has 0 aliphatic heterocycles. The summed E-state index contributed by atoms with van der Waals surface area (Å²) in [6.07, 6.45) is 1.45. The second-order valence-corrected chi connectivity index (χ2v) is 4.67. The van der Waals surface area contributed by atoms with Gasteiger partial charge in [-0.2, -0.15) is 0 Å². The summed E-state index contributed by atoms with van der Waals surface area (Å²) in [4.78, 5) is 11.7. The Morgan fingerprint density at radius 1 is 1.28 bits per heavy atom. The fourth-order valence-electron chi connectivity index (χ4n) is 1.61. The summed E-state index contributed by atoms with van der Waals surface area (Å²) in [6.45, 7) is 2.78. The van der Waals surface area contributed by atoms with Gasteiger partial charge in [0.2, 0.25) is 0 Å². The summed E-state index contributed by atoms with van der Waals surface area (Å²) in [6, 6.07) is 9.61. The zero-order valence-corrected chi connectivity index (χ0v) is 12.2. The minimum atomic E-state index is -0.131. The lowest BCUT2D eigenvalue weighted by molar-refractivity contribution is -0.148. The van der Waals surface area contributed by atoms with Crippen molar-refractivity contribution >= 4 is 21.9 Å². The molecule has 100 valence electrons. The van der Waals surface area contributed by atoms with Crippen LogP contribution in [0.25, 0.3) is 0 Å². The molecule has 0 heterocycles. The molecule has 1 unspecified atom stereocenters. The Morgan fingerprint density at radius 2 is 2.00 bits per heavy atom. The number of carbonyl (C=O) groups excluding carboxylic acids is 1. The number of carbonyl (C=O) groups is 1. The number of hydrogen-bond acceptors (Lipinski definition) is 3. The second-order valence-electron chi connectivity index (χ2n) is 3.88. The van der Waals surface area contributed by atoms with Crippen molar-refractivity contribution in [2.45, 2.75) is 19.8 Å². The molecular weight excluding hydrogens is 296 g/mol. The molecule has 0 saturated heterocycles. The molecule has 0 aromatic heterocycles.